The number of amides is 2. The Kier molecular flexibility index (Phi) is 5.15. The van der Waals surface area contributed by atoms with E-state index in [-0.39, 0.29) is 24.5 Å². The van der Waals surface area contributed by atoms with Gasteiger partial charge in [0.1, 0.15) is 12.6 Å². The highest BCUT2D eigenvalue weighted by Crippen LogP contribution is 2.18. The van der Waals surface area contributed by atoms with Crippen molar-refractivity contribution in [1.29, 1.82) is 0 Å². The molecule has 0 radical (unpaired) electrons. The normalized spacial score (nSPS) is 21.7. The maximum Gasteiger partial charge on any atom is 0.246 e. The summed E-state index contributed by atoms with van der Waals surface area (Å²) in [4.78, 5) is 23.3. The number of rotatable bonds is 6. The smallest absolute Gasteiger partial charge is 0.246 e. The molecule has 0 bridgehead atoms. The first-order chi connectivity index (χ1) is 9.15. The topological polar surface area (TPSA) is 79.5 Å². The van der Waals surface area contributed by atoms with Gasteiger partial charge in [0, 0.05) is 6.04 Å². The molecule has 0 aromatic rings. The van der Waals surface area contributed by atoms with Gasteiger partial charge in [-0.1, -0.05) is 0 Å². The number of ether oxygens (including phenoxy) is 1. The van der Waals surface area contributed by atoms with Gasteiger partial charge in [0.15, 0.2) is 0 Å². The summed E-state index contributed by atoms with van der Waals surface area (Å²) in [5.41, 5.74) is 0. The van der Waals surface area contributed by atoms with Crippen LogP contribution < -0.4 is 16.0 Å². The molecule has 0 spiro atoms. The van der Waals surface area contributed by atoms with Crippen molar-refractivity contribution in [2.75, 3.05) is 19.7 Å². The Bertz CT molecular complexity index is 325. The van der Waals surface area contributed by atoms with Gasteiger partial charge in [0.25, 0.3) is 0 Å². The fourth-order valence-corrected chi connectivity index (χ4v) is 2.06. The lowest BCUT2D eigenvalue weighted by atomic mass is 10.1. The summed E-state index contributed by atoms with van der Waals surface area (Å²) in [6.07, 6.45) is 4.12. The van der Waals surface area contributed by atoms with Gasteiger partial charge in [-0.15, -0.1) is 0 Å². The molecule has 108 valence electrons. The monoisotopic (exact) mass is 269 g/mol. The third-order valence-corrected chi connectivity index (χ3v) is 3.43. The molecule has 6 nitrogen and oxygen atoms in total. The van der Waals surface area contributed by atoms with Crippen LogP contribution in [0, 0.1) is 0 Å². The van der Waals surface area contributed by atoms with Gasteiger partial charge < -0.3 is 20.7 Å². The summed E-state index contributed by atoms with van der Waals surface area (Å²) in [5, 5.41) is 8.76. The number of hydrogen-bond acceptors (Lipinski definition) is 4. The van der Waals surface area contributed by atoms with Gasteiger partial charge >= 0.3 is 0 Å². The van der Waals surface area contributed by atoms with E-state index in [9.17, 15) is 9.59 Å². The maximum atomic E-state index is 11.7. The minimum Gasteiger partial charge on any atom is -0.368 e. The second-order valence-electron chi connectivity index (χ2n) is 5.33. The summed E-state index contributed by atoms with van der Waals surface area (Å²) in [7, 11) is 0. The highest BCUT2D eigenvalue weighted by Gasteiger charge is 2.26. The lowest BCUT2D eigenvalue weighted by molar-refractivity contribution is -0.132. The molecule has 2 rings (SSSR count). The molecule has 1 saturated heterocycles. The van der Waals surface area contributed by atoms with Crippen LogP contribution in [0.5, 0.6) is 0 Å². The molecule has 0 aromatic carbocycles. The van der Waals surface area contributed by atoms with E-state index in [2.05, 4.69) is 16.0 Å². The van der Waals surface area contributed by atoms with Gasteiger partial charge in [-0.3, -0.25) is 9.59 Å². The van der Waals surface area contributed by atoms with E-state index in [4.69, 9.17) is 4.74 Å². The second-order valence-corrected chi connectivity index (χ2v) is 5.33. The molecule has 19 heavy (non-hydrogen) atoms. The molecule has 1 unspecified atom stereocenters. The van der Waals surface area contributed by atoms with Gasteiger partial charge in [0.2, 0.25) is 11.8 Å². The fourth-order valence-electron chi connectivity index (χ4n) is 2.06. The Hall–Kier alpha value is -1.14. The highest BCUT2D eigenvalue weighted by molar-refractivity contribution is 5.87. The van der Waals surface area contributed by atoms with Crippen LogP contribution in [0.4, 0.5) is 0 Å². The van der Waals surface area contributed by atoms with Gasteiger partial charge in [-0.2, -0.15) is 0 Å². The zero-order chi connectivity index (χ0) is 13.7. The quantitative estimate of drug-likeness (QED) is 0.609. The molecule has 2 aliphatic rings. The molecule has 1 aliphatic heterocycles. The molecule has 6 heteroatoms. The van der Waals surface area contributed by atoms with Gasteiger partial charge in [0.05, 0.1) is 6.10 Å². The van der Waals surface area contributed by atoms with E-state index in [1.165, 1.54) is 0 Å². The molecule has 3 N–H and O–H groups in total. The molecule has 1 atom stereocenters. The van der Waals surface area contributed by atoms with Crippen LogP contribution in [0.15, 0.2) is 0 Å². The molecular weight excluding hydrogens is 246 g/mol. The van der Waals surface area contributed by atoms with Crippen LogP contribution in [0.25, 0.3) is 0 Å². The minimum atomic E-state index is -0.496. The van der Waals surface area contributed by atoms with Crippen LogP contribution in [0.3, 0.4) is 0 Å². The molecule has 0 aromatic heterocycles. The summed E-state index contributed by atoms with van der Waals surface area (Å²) >= 11 is 0. The summed E-state index contributed by atoms with van der Waals surface area (Å²) in [5.74, 6) is -0.338. The molecule has 2 amide bonds. The Morgan fingerprint density at radius 2 is 1.95 bits per heavy atom. The fraction of sp³-hybridized carbons (Fsp3) is 0.846. The Morgan fingerprint density at radius 1 is 1.26 bits per heavy atom. The lowest BCUT2D eigenvalue weighted by Gasteiger charge is -2.23. The van der Waals surface area contributed by atoms with E-state index in [1.54, 1.807) is 6.92 Å². The largest absolute Gasteiger partial charge is 0.368 e. The second kappa shape index (κ2) is 6.86. The standard InChI is InChI=1S/C13H23N3O3/c1-9(13(18)16-10-2-3-10)15-12(17)8-19-11-4-6-14-7-5-11/h9-11,14H,2-8H2,1H3,(H,15,17)(H,16,18). The molecular formula is C13H23N3O3. The zero-order valence-electron chi connectivity index (χ0n) is 11.4. The van der Waals surface area contributed by atoms with Crippen molar-refractivity contribution in [2.24, 2.45) is 0 Å². The predicted octanol–water partition coefficient (Wildman–Crippen LogP) is -0.462. The van der Waals surface area contributed by atoms with E-state index >= 15 is 0 Å². The van der Waals surface area contributed by atoms with E-state index in [0.717, 1.165) is 38.8 Å². The van der Waals surface area contributed by atoms with Crippen molar-refractivity contribution in [3.8, 4) is 0 Å². The van der Waals surface area contributed by atoms with E-state index in [0.29, 0.717) is 6.04 Å². The maximum absolute atomic E-state index is 11.7. The average Bonchev–Trinajstić information content (AvgIpc) is 3.21. The van der Waals surface area contributed by atoms with Crippen LogP contribution in [0.2, 0.25) is 0 Å². The summed E-state index contributed by atoms with van der Waals surface area (Å²) < 4.78 is 5.54. The van der Waals surface area contributed by atoms with Crippen molar-refractivity contribution in [3.05, 3.63) is 0 Å². The molecule has 1 saturated carbocycles. The van der Waals surface area contributed by atoms with Crippen LogP contribution in [-0.4, -0.2) is 49.7 Å². The van der Waals surface area contributed by atoms with E-state index in [1.807, 2.05) is 0 Å². The molecule has 1 heterocycles. The van der Waals surface area contributed by atoms with Crippen LogP contribution >= 0.6 is 0 Å². The first-order valence-corrected chi connectivity index (χ1v) is 7.07. The van der Waals surface area contributed by atoms with Gasteiger partial charge in [-0.05, 0) is 45.7 Å². The molecule has 1 aliphatic carbocycles. The van der Waals surface area contributed by atoms with Crippen molar-refractivity contribution in [2.45, 2.75) is 50.8 Å². The number of carbonyl (C=O) groups is 2. The number of nitrogens with one attached hydrogen (secondary N) is 3. The van der Waals surface area contributed by atoms with Crippen LogP contribution in [0.1, 0.15) is 32.6 Å². The van der Waals surface area contributed by atoms with Crippen molar-refractivity contribution in [3.63, 3.8) is 0 Å². The zero-order valence-corrected chi connectivity index (χ0v) is 11.4. The molecule has 2 fully saturated rings. The SMILES string of the molecule is CC(NC(=O)COC1CCNCC1)C(=O)NC1CC1. The van der Waals surface area contributed by atoms with Crippen molar-refractivity contribution in [1.82, 2.24) is 16.0 Å². The number of carbonyl (C=O) groups excluding carboxylic acids is 2. The number of piperidine rings is 1. The minimum absolute atomic E-state index is 0.0334. The first-order valence-electron chi connectivity index (χ1n) is 7.07. The third-order valence-electron chi connectivity index (χ3n) is 3.43. The highest BCUT2D eigenvalue weighted by atomic mass is 16.5. The third kappa shape index (κ3) is 5.16. The van der Waals surface area contributed by atoms with Crippen molar-refractivity contribution < 1.29 is 14.3 Å². The van der Waals surface area contributed by atoms with Crippen LogP contribution in [-0.2, 0) is 14.3 Å². The lowest BCUT2D eigenvalue weighted by Crippen LogP contribution is -2.47. The Balaban J connectivity index is 1.60. The Labute approximate surface area is 113 Å². The number of hydrogen-bond donors (Lipinski definition) is 3. The van der Waals surface area contributed by atoms with Gasteiger partial charge in [-0.25, -0.2) is 0 Å². The first kappa shape index (κ1) is 14.3. The summed E-state index contributed by atoms with van der Waals surface area (Å²) in [6, 6.07) is -0.178. The van der Waals surface area contributed by atoms with Crippen molar-refractivity contribution >= 4 is 11.8 Å². The predicted molar refractivity (Wildman–Crippen MR) is 70.6 cm³/mol. The van der Waals surface area contributed by atoms with E-state index < -0.39 is 6.04 Å². The summed E-state index contributed by atoms with van der Waals surface area (Å²) in [6.45, 7) is 3.60. The average molecular weight is 269 g/mol. The Morgan fingerprint density at radius 3 is 2.58 bits per heavy atom.